The minimum atomic E-state index is -4.36. The molecule has 16 heteroatoms. The monoisotopic (exact) mass is 755 g/mol. The Morgan fingerprint density at radius 1 is 0.904 bits per heavy atom. The number of halogens is 4. The summed E-state index contributed by atoms with van der Waals surface area (Å²) in [7, 11) is -7.49. The maximum Gasteiger partial charge on any atom is 0.310 e. The van der Waals surface area contributed by atoms with Gasteiger partial charge in [-0.2, -0.15) is 5.10 Å². The molecule has 6 rings (SSSR count). The number of nitrogens with zero attached hydrogens (tertiary/aromatic N) is 3. The first kappa shape index (κ1) is 36.3. The van der Waals surface area contributed by atoms with Gasteiger partial charge in [0, 0.05) is 35.0 Å². The number of hydrogen-bond acceptors (Lipinski definition) is 8. The number of fused-ring (bicyclic) bond motifs is 1. The van der Waals surface area contributed by atoms with Gasteiger partial charge in [-0.25, -0.2) is 38.4 Å². The maximum absolute atomic E-state index is 15.9. The molecule has 0 amide bonds. The van der Waals surface area contributed by atoms with Crippen molar-refractivity contribution in [1.29, 1.82) is 0 Å². The molecule has 0 N–H and O–H groups in total. The lowest BCUT2D eigenvalue weighted by molar-refractivity contribution is -0.139. The Morgan fingerprint density at radius 2 is 1.62 bits per heavy atom. The van der Waals surface area contributed by atoms with Gasteiger partial charge in [0.15, 0.2) is 38.8 Å². The Bertz CT molecular complexity index is 2600. The SMILES string of the molecule is COC(=O)Cc1cccc(C(C)n2cc(F)c(-c3ccc(F)c(Oc4c(F)cc5c(ccn5S(=O)(=O)c5ccc(C)cc5)c4S(C)(=O)=O)c3)n2)c1F. The van der Waals surface area contributed by atoms with Crippen LogP contribution in [-0.2, 0) is 35.8 Å². The van der Waals surface area contributed by atoms with Crippen LogP contribution in [0.1, 0.15) is 29.7 Å². The Morgan fingerprint density at radius 3 is 2.29 bits per heavy atom. The number of benzene rings is 4. The first-order chi connectivity index (χ1) is 24.5. The van der Waals surface area contributed by atoms with Gasteiger partial charge < -0.3 is 9.47 Å². The summed E-state index contributed by atoms with van der Waals surface area (Å²) in [5, 5.41) is 4.01. The van der Waals surface area contributed by atoms with Gasteiger partial charge in [-0.3, -0.25) is 9.48 Å². The molecule has 0 saturated heterocycles. The highest BCUT2D eigenvalue weighted by Gasteiger charge is 2.29. The number of aromatic nitrogens is 3. The van der Waals surface area contributed by atoms with Crippen LogP contribution in [0, 0.1) is 30.2 Å². The van der Waals surface area contributed by atoms with Crippen LogP contribution in [0.2, 0.25) is 0 Å². The van der Waals surface area contributed by atoms with Gasteiger partial charge in [-0.05, 0) is 55.8 Å². The Kier molecular flexibility index (Phi) is 9.48. The molecule has 0 spiro atoms. The van der Waals surface area contributed by atoms with E-state index >= 15 is 17.6 Å². The van der Waals surface area contributed by atoms with Gasteiger partial charge >= 0.3 is 5.97 Å². The largest absolute Gasteiger partial charge is 0.469 e. The molecule has 2 heterocycles. The van der Waals surface area contributed by atoms with Crippen molar-refractivity contribution in [2.75, 3.05) is 13.4 Å². The van der Waals surface area contributed by atoms with Crippen molar-refractivity contribution in [1.82, 2.24) is 13.8 Å². The normalized spacial score (nSPS) is 12.6. The summed E-state index contributed by atoms with van der Waals surface area (Å²) in [6.07, 6.45) is 2.48. The van der Waals surface area contributed by atoms with E-state index in [0.29, 0.717) is 0 Å². The summed E-state index contributed by atoms with van der Waals surface area (Å²) < 4.78 is 127. The van der Waals surface area contributed by atoms with Crippen molar-refractivity contribution in [2.24, 2.45) is 0 Å². The lowest BCUT2D eigenvalue weighted by Gasteiger charge is -2.16. The number of hydrogen-bond donors (Lipinski definition) is 0. The van der Waals surface area contributed by atoms with Crippen molar-refractivity contribution in [3.05, 3.63) is 125 Å². The molecular weight excluding hydrogens is 727 g/mol. The fourth-order valence-electron chi connectivity index (χ4n) is 5.70. The minimum Gasteiger partial charge on any atom is -0.469 e. The average molecular weight is 756 g/mol. The van der Waals surface area contributed by atoms with Gasteiger partial charge in [0.25, 0.3) is 10.0 Å². The number of methoxy groups -OCH3 is 1. The van der Waals surface area contributed by atoms with E-state index in [4.69, 9.17) is 4.74 Å². The van der Waals surface area contributed by atoms with Crippen molar-refractivity contribution in [3.63, 3.8) is 0 Å². The first-order valence-electron chi connectivity index (χ1n) is 15.4. The lowest BCUT2D eigenvalue weighted by atomic mass is 10.0. The summed E-state index contributed by atoms with van der Waals surface area (Å²) in [5.74, 6) is -6.26. The van der Waals surface area contributed by atoms with E-state index in [1.807, 2.05) is 0 Å². The minimum absolute atomic E-state index is 0.0579. The molecule has 1 atom stereocenters. The number of carbonyl (C=O) groups excluding carboxylic acids is 1. The molecule has 52 heavy (non-hydrogen) atoms. The average Bonchev–Trinajstić information content (AvgIpc) is 3.69. The Labute approximate surface area is 295 Å². The molecule has 1 unspecified atom stereocenters. The molecule has 0 radical (unpaired) electrons. The molecule has 2 aromatic heterocycles. The van der Waals surface area contributed by atoms with E-state index in [9.17, 15) is 21.6 Å². The standard InChI is InChI=1S/C36H29F4N3O7S2/c1-20-8-11-24(12-9-20)52(47,48)43-15-14-26-30(43)18-28(38)35(36(26)51(4,45)46)50-31-16-23(10-13-27(31)37)34-29(39)19-42(41-34)21(2)25-7-5-6-22(33(25)40)17-32(44)49-3/h5-16,18-19,21H,17H2,1-4H3. The fourth-order valence-corrected chi connectivity index (χ4v) is 8.09. The molecule has 0 saturated carbocycles. The molecule has 6 aromatic rings. The van der Waals surface area contributed by atoms with E-state index in [2.05, 4.69) is 9.84 Å². The molecule has 0 bridgehead atoms. The summed E-state index contributed by atoms with van der Waals surface area (Å²) in [4.78, 5) is 10.9. The molecule has 10 nitrogen and oxygen atoms in total. The van der Waals surface area contributed by atoms with Crippen LogP contribution in [0.3, 0.4) is 0 Å². The number of esters is 1. The van der Waals surface area contributed by atoms with Crippen molar-refractivity contribution in [2.45, 2.75) is 36.1 Å². The number of carbonyl (C=O) groups is 1. The third kappa shape index (κ3) is 6.66. The van der Waals surface area contributed by atoms with Gasteiger partial charge in [0.1, 0.15) is 16.4 Å². The van der Waals surface area contributed by atoms with E-state index in [1.165, 1.54) is 37.4 Å². The second-order valence-electron chi connectivity index (χ2n) is 12.0. The van der Waals surface area contributed by atoms with Gasteiger partial charge in [-0.15, -0.1) is 0 Å². The van der Waals surface area contributed by atoms with Crippen LogP contribution in [0.25, 0.3) is 22.2 Å². The quantitative estimate of drug-likeness (QED) is 0.107. The van der Waals surface area contributed by atoms with E-state index in [-0.39, 0.29) is 44.6 Å². The van der Waals surface area contributed by atoms with Crippen LogP contribution in [0.15, 0.2) is 95.0 Å². The number of sulfone groups is 1. The predicted molar refractivity (Wildman–Crippen MR) is 182 cm³/mol. The highest BCUT2D eigenvalue weighted by molar-refractivity contribution is 7.91. The van der Waals surface area contributed by atoms with Crippen molar-refractivity contribution >= 4 is 36.7 Å². The smallest absolute Gasteiger partial charge is 0.310 e. The summed E-state index contributed by atoms with van der Waals surface area (Å²) in [6.45, 7) is 3.31. The molecule has 270 valence electrons. The van der Waals surface area contributed by atoms with Gasteiger partial charge in [0.2, 0.25) is 0 Å². The van der Waals surface area contributed by atoms with E-state index < -0.39 is 71.5 Å². The molecular formula is C36H29F4N3O7S2. The zero-order chi connectivity index (χ0) is 37.7. The lowest BCUT2D eigenvalue weighted by Crippen LogP contribution is -2.12. The van der Waals surface area contributed by atoms with Crippen molar-refractivity contribution in [3.8, 4) is 22.8 Å². The topological polar surface area (TPSA) is 127 Å². The summed E-state index contributed by atoms with van der Waals surface area (Å²) in [5.41, 5.74) is 0.262. The second-order valence-corrected chi connectivity index (χ2v) is 15.7. The zero-order valence-electron chi connectivity index (χ0n) is 27.9. The number of rotatable bonds is 10. The third-order valence-electron chi connectivity index (χ3n) is 8.39. The number of aryl methyl sites for hydroxylation is 1. The summed E-state index contributed by atoms with van der Waals surface area (Å²) in [6, 6.07) is 14.3. The Balaban J connectivity index is 1.38. The molecule has 4 aromatic carbocycles. The fraction of sp³-hybridized carbons (Fsp3) is 0.167. The van der Waals surface area contributed by atoms with E-state index in [0.717, 1.165) is 63.2 Å². The van der Waals surface area contributed by atoms with E-state index in [1.54, 1.807) is 26.0 Å². The maximum atomic E-state index is 15.9. The summed E-state index contributed by atoms with van der Waals surface area (Å²) >= 11 is 0. The van der Waals surface area contributed by atoms with Crippen LogP contribution in [-0.4, -0.2) is 49.9 Å². The Hall–Kier alpha value is -5.48. The molecule has 0 aliphatic carbocycles. The third-order valence-corrected chi connectivity index (χ3v) is 11.2. The molecule has 0 aliphatic rings. The van der Waals surface area contributed by atoms with Crippen LogP contribution < -0.4 is 4.74 Å². The van der Waals surface area contributed by atoms with Gasteiger partial charge in [-0.1, -0.05) is 35.9 Å². The zero-order valence-corrected chi connectivity index (χ0v) is 29.5. The highest BCUT2D eigenvalue weighted by atomic mass is 32.2. The highest BCUT2D eigenvalue weighted by Crippen LogP contribution is 2.41. The molecule has 0 aliphatic heterocycles. The molecule has 0 fully saturated rings. The predicted octanol–water partition coefficient (Wildman–Crippen LogP) is 7.13. The van der Waals surface area contributed by atoms with Crippen molar-refractivity contribution < 1.29 is 48.7 Å². The van der Waals surface area contributed by atoms with Crippen LogP contribution >= 0.6 is 0 Å². The van der Waals surface area contributed by atoms with Gasteiger partial charge in [0.05, 0.1) is 36.2 Å². The first-order valence-corrected chi connectivity index (χ1v) is 18.8. The van der Waals surface area contributed by atoms with Crippen LogP contribution in [0.5, 0.6) is 11.5 Å². The van der Waals surface area contributed by atoms with Crippen LogP contribution in [0.4, 0.5) is 17.6 Å². The number of ether oxygens (including phenoxy) is 2. The second kappa shape index (κ2) is 13.6.